The summed E-state index contributed by atoms with van der Waals surface area (Å²) < 4.78 is 9.31. The molecule has 2 aliphatic carbocycles. The molecule has 0 aromatic rings. The van der Waals surface area contributed by atoms with Gasteiger partial charge in [-0.3, -0.25) is 13.9 Å². The van der Waals surface area contributed by atoms with Crippen molar-refractivity contribution >= 4 is 23.8 Å². The lowest BCUT2D eigenvalue weighted by molar-refractivity contribution is -0.154. The molecule has 82 valence electrons. The molecule has 15 heavy (non-hydrogen) atoms. The highest BCUT2D eigenvalue weighted by Crippen LogP contribution is 2.58. The lowest BCUT2D eigenvalue weighted by Gasteiger charge is -2.26. The maximum absolute atomic E-state index is 11.5. The van der Waals surface area contributed by atoms with Crippen molar-refractivity contribution in [2.75, 3.05) is 6.61 Å². The number of hydrogen-bond acceptors (Lipinski definition) is 4. The van der Waals surface area contributed by atoms with Gasteiger partial charge in [0.15, 0.2) is 0 Å². The molecule has 5 unspecified atom stereocenters. The van der Waals surface area contributed by atoms with Crippen LogP contribution in [0.4, 0.5) is 0 Å². The summed E-state index contributed by atoms with van der Waals surface area (Å²) in [7, 11) is 0. The molecule has 1 saturated heterocycles. The molecule has 1 heterocycles. The molecule has 2 bridgehead atoms. The molecule has 4 nitrogen and oxygen atoms in total. The van der Waals surface area contributed by atoms with Gasteiger partial charge in [0.05, 0.1) is 30.3 Å². The molecule has 1 aliphatic heterocycles. The zero-order chi connectivity index (χ0) is 10.6. The first kappa shape index (κ1) is 9.60. The summed E-state index contributed by atoms with van der Waals surface area (Å²) in [4.78, 5) is 22.9. The lowest BCUT2D eigenvalue weighted by Crippen LogP contribution is -2.31. The topological polar surface area (TPSA) is 52.6 Å². The van der Waals surface area contributed by atoms with E-state index in [1.807, 2.05) is 0 Å². The van der Waals surface area contributed by atoms with Gasteiger partial charge in [0.25, 0.3) is 0 Å². The molecule has 0 spiro atoms. The van der Waals surface area contributed by atoms with Gasteiger partial charge >= 0.3 is 11.9 Å². The Balaban J connectivity index is 1.85. The van der Waals surface area contributed by atoms with E-state index >= 15 is 0 Å². The summed E-state index contributed by atoms with van der Waals surface area (Å²) in [5.41, 5.74) is 0. The number of halogens is 1. The number of fused-ring (bicyclic) bond motifs is 5. The van der Waals surface area contributed by atoms with Gasteiger partial charge in [0.1, 0.15) is 0 Å². The predicted molar refractivity (Wildman–Crippen MR) is 49.6 cm³/mol. The van der Waals surface area contributed by atoms with Crippen LogP contribution in [0.5, 0.6) is 0 Å². The van der Waals surface area contributed by atoms with Crippen LogP contribution in [-0.4, -0.2) is 18.5 Å². The van der Waals surface area contributed by atoms with Crippen LogP contribution in [0.3, 0.4) is 0 Å². The zero-order valence-electron chi connectivity index (χ0n) is 8.02. The van der Waals surface area contributed by atoms with E-state index in [1.54, 1.807) is 0 Å². The molecular formula is C10H11ClO4. The van der Waals surface area contributed by atoms with Crippen molar-refractivity contribution in [3.63, 3.8) is 0 Å². The third kappa shape index (κ3) is 1.18. The molecule has 0 N–H and O–H groups in total. The first-order valence-electron chi connectivity index (χ1n) is 5.21. The average molecular weight is 231 g/mol. The molecule has 5 heteroatoms. The number of esters is 2. The molecule has 5 atom stereocenters. The van der Waals surface area contributed by atoms with Crippen molar-refractivity contribution in [3.05, 3.63) is 0 Å². The SMILES string of the molecule is O=C1OC(=O)C2C3CC(CC3COCl)C12. The van der Waals surface area contributed by atoms with Gasteiger partial charge in [-0.25, -0.2) is 0 Å². The van der Waals surface area contributed by atoms with E-state index in [2.05, 4.69) is 9.03 Å². The van der Waals surface area contributed by atoms with E-state index in [4.69, 9.17) is 11.9 Å². The minimum atomic E-state index is -0.336. The highest BCUT2D eigenvalue weighted by Gasteiger charge is 2.62. The Hall–Kier alpha value is -0.610. The molecule has 0 radical (unpaired) electrons. The molecule has 0 aromatic heterocycles. The normalized spacial score (nSPS) is 47.1. The Morgan fingerprint density at radius 2 is 2.00 bits per heavy atom. The zero-order valence-corrected chi connectivity index (χ0v) is 8.77. The van der Waals surface area contributed by atoms with E-state index in [0.29, 0.717) is 18.4 Å². The van der Waals surface area contributed by atoms with Crippen LogP contribution in [0, 0.1) is 29.6 Å². The average Bonchev–Trinajstić information content (AvgIpc) is 2.80. The second-order valence-corrected chi connectivity index (χ2v) is 4.94. The third-order valence-electron chi connectivity index (χ3n) is 4.16. The fourth-order valence-corrected chi connectivity index (χ4v) is 3.82. The van der Waals surface area contributed by atoms with Crippen LogP contribution < -0.4 is 0 Å². The molecule has 0 aromatic carbocycles. The van der Waals surface area contributed by atoms with Crippen LogP contribution in [0.2, 0.25) is 0 Å². The lowest BCUT2D eigenvalue weighted by atomic mass is 9.75. The van der Waals surface area contributed by atoms with Crippen molar-refractivity contribution in [1.82, 2.24) is 0 Å². The molecule has 2 saturated carbocycles. The maximum atomic E-state index is 11.5. The van der Waals surface area contributed by atoms with Crippen LogP contribution >= 0.6 is 11.9 Å². The van der Waals surface area contributed by atoms with Crippen LogP contribution in [-0.2, 0) is 18.6 Å². The van der Waals surface area contributed by atoms with Gasteiger partial charge in [0, 0.05) is 0 Å². The van der Waals surface area contributed by atoms with Gasteiger partial charge in [-0.1, -0.05) is 0 Å². The molecule has 3 rings (SSSR count). The minimum Gasteiger partial charge on any atom is -0.393 e. The summed E-state index contributed by atoms with van der Waals surface area (Å²) in [6.07, 6.45) is 1.88. The first-order valence-corrected chi connectivity index (χ1v) is 5.52. The van der Waals surface area contributed by atoms with E-state index in [9.17, 15) is 9.59 Å². The van der Waals surface area contributed by atoms with E-state index in [1.165, 1.54) is 0 Å². The second-order valence-electron chi connectivity index (χ2n) is 4.72. The molecular weight excluding hydrogens is 220 g/mol. The van der Waals surface area contributed by atoms with Crippen LogP contribution in [0.15, 0.2) is 0 Å². The van der Waals surface area contributed by atoms with Crippen molar-refractivity contribution < 1.29 is 18.6 Å². The summed E-state index contributed by atoms with van der Waals surface area (Å²) >= 11 is 5.24. The number of carbonyl (C=O) groups is 2. The van der Waals surface area contributed by atoms with Gasteiger partial charge < -0.3 is 4.74 Å². The van der Waals surface area contributed by atoms with Gasteiger partial charge in [-0.2, -0.15) is 0 Å². The highest BCUT2D eigenvalue weighted by atomic mass is 35.5. The maximum Gasteiger partial charge on any atom is 0.317 e. The van der Waals surface area contributed by atoms with E-state index in [0.717, 1.165) is 12.8 Å². The molecule has 3 aliphatic rings. The largest absolute Gasteiger partial charge is 0.393 e. The first-order chi connectivity index (χ1) is 7.22. The fourth-order valence-electron chi connectivity index (χ4n) is 3.66. The Kier molecular flexibility index (Phi) is 2.04. The number of hydrogen-bond donors (Lipinski definition) is 0. The Morgan fingerprint density at radius 1 is 1.27 bits per heavy atom. The fraction of sp³-hybridized carbons (Fsp3) is 0.800. The summed E-state index contributed by atoms with van der Waals surface area (Å²) in [5.74, 6) is -0.192. The standard InChI is InChI=1S/C10H11ClO4/c11-14-3-5-1-4-2-6(5)8-7(4)9(12)15-10(8)13/h4-8H,1-3H2. The summed E-state index contributed by atoms with van der Waals surface area (Å²) in [6, 6.07) is 0. The third-order valence-corrected chi connectivity index (χ3v) is 4.29. The smallest absolute Gasteiger partial charge is 0.317 e. The number of ether oxygens (including phenoxy) is 1. The monoisotopic (exact) mass is 230 g/mol. The Labute approximate surface area is 92.0 Å². The van der Waals surface area contributed by atoms with Crippen LogP contribution in [0.25, 0.3) is 0 Å². The Bertz CT molecular complexity index is 329. The van der Waals surface area contributed by atoms with Crippen molar-refractivity contribution in [2.45, 2.75) is 12.8 Å². The number of cyclic esters (lactones) is 2. The quantitative estimate of drug-likeness (QED) is 0.527. The summed E-state index contributed by atoms with van der Waals surface area (Å²) in [5, 5.41) is 0. The second kappa shape index (κ2) is 3.19. The van der Waals surface area contributed by atoms with E-state index < -0.39 is 0 Å². The van der Waals surface area contributed by atoms with Gasteiger partial charge in [-0.15, -0.1) is 0 Å². The molecule has 3 fully saturated rings. The van der Waals surface area contributed by atoms with E-state index in [-0.39, 0.29) is 29.7 Å². The van der Waals surface area contributed by atoms with Gasteiger partial charge in [0.2, 0.25) is 0 Å². The Morgan fingerprint density at radius 3 is 2.73 bits per heavy atom. The minimum absolute atomic E-state index is 0.172. The molecule has 0 amide bonds. The van der Waals surface area contributed by atoms with Crippen molar-refractivity contribution in [1.29, 1.82) is 0 Å². The van der Waals surface area contributed by atoms with Crippen molar-refractivity contribution in [2.24, 2.45) is 29.6 Å². The van der Waals surface area contributed by atoms with Crippen molar-refractivity contribution in [3.8, 4) is 0 Å². The van der Waals surface area contributed by atoms with Crippen LogP contribution in [0.1, 0.15) is 12.8 Å². The highest BCUT2D eigenvalue weighted by molar-refractivity contribution is 6.07. The summed E-state index contributed by atoms with van der Waals surface area (Å²) in [6.45, 7) is 0.466. The number of carbonyl (C=O) groups excluding carboxylic acids is 2. The van der Waals surface area contributed by atoms with Gasteiger partial charge in [-0.05, 0) is 30.6 Å². The predicted octanol–water partition coefficient (Wildman–Crippen LogP) is 1.13. The number of rotatable bonds is 2.